The van der Waals surface area contributed by atoms with E-state index < -0.39 is 5.60 Å². The van der Waals surface area contributed by atoms with E-state index in [1.54, 1.807) is 14.2 Å². The first-order valence-electron chi connectivity index (χ1n) is 10.7. The number of rotatable bonds is 6. The third kappa shape index (κ3) is 4.21. The van der Waals surface area contributed by atoms with Gasteiger partial charge in [0, 0.05) is 25.7 Å². The van der Waals surface area contributed by atoms with Gasteiger partial charge in [0.1, 0.15) is 17.1 Å². The fourth-order valence-corrected chi connectivity index (χ4v) is 5.74. The van der Waals surface area contributed by atoms with Crippen molar-refractivity contribution in [3.05, 3.63) is 59.7 Å². The maximum atomic E-state index is 12.2. The molecule has 0 aromatic heterocycles. The van der Waals surface area contributed by atoms with E-state index in [9.17, 15) is 5.11 Å². The number of fused-ring (bicyclic) bond motifs is 2. The second-order valence-corrected chi connectivity index (χ2v) is 9.38. The van der Waals surface area contributed by atoms with Gasteiger partial charge in [-0.15, -0.1) is 0 Å². The van der Waals surface area contributed by atoms with Crippen LogP contribution in [0.15, 0.2) is 48.5 Å². The molecule has 2 aliphatic heterocycles. The SMILES string of the molecule is COc1cccc(C(O)(CC2CC3CCC(C2)[N+]3(C)C)c2cccc(OC)c2)c1.[I-]. The van der Waals surface area contributed by atoms with Crippen molar-refractivity contribution in [1.29, 1.82) is 0 Å². The van der Waals surface area contributed by atoms with E-state index in [1.807, 2.05) is 48.5 Å². The predicted molar refractivity (Wildman–Crippen MR) is 115 cm³/mol. The molecule has 5 heteroatoms. The zero-order valence-electron chi connectivity index (χ0n) is 18.5. The highest BCUT2D eigenvalue weighted by molar-refractivity contribution is 5.42. The number of ether oxygens (including phenoxy) is 2. The van der Waals surface area contributed by atoms with Crippen LogP contribution in [0.4, 0.5) is 0 Å². The summed E-state index contributed by atoms with van der Waals surface area (Å²) in [5.41, 5.74) is 0.704. The number of nitrogens with zero attached hydrogens (tertiary/aromatic N) is 1. The Kier molecular flexibility index (Phi) is 7.04. The second kappa shape index (κ2) is 9.05. The van der Waals surface area contributed by atoms with Crippen molar-refractivity contribution in [1.82, 2.24) is 0 Å². The number of aliphatic hydroxyl groups is 1. The van der Waals surface area contributed by atoms with Crippen LogP contribution in [0.5, 0.6) is 11.5 Å². The average molecular weight is 523 g/mol. The molecule has 2 atom stereocenters. The summed E-state index contributed by atoms with van der Waals surface area (Å²) >= 11 is 0. The van der Waals surface area contributed by atoms with Crippen molar-refractivity contribution in [3.63, 3.8) is 0 Å². The van der Waals surface area contributed by atoms with Crippen LogP contribution < -0.4 is 33.5 Å². The van der Waals surface area contributed by atoms with Crippen molar-refractivity contribution < 1.29 is 43.0 Å². The van der Waals surface area contributed by atoms with Crippen LogP contribution >= 0.6 is 0 Å². The Morgan fingerprint density at radius 2 is 1.37 bits per heavy atom. The molecule has 1 N–H and O–H groups in total. The molecule has 4 nitrogen and oxygen atoms in total. The Morgan fingerprint density at radius 3 is 1.80 bits per heavy atom. The average Bonchev–Trinajstić information content (AvgIpc) is 2.89. The van der Waals surface area contributed by atoms with Crippen molar-refractivity contribution in [3.8, 4) is 11.5 Å². The Labute approximate surface area is 197 Å². The first kappa shape index (κ1) is 23.4. The molecule has 2 bridgehead atoms. The number of hydrogen-bond donors (Lipinski definition) is 1. The Hall–Kier alpha value is -1.31. The highest BCUT2D eigenvalue weighted by Gasteiger charge is 2.50. The van der Waals surface area contributed by atoms with E-state index in [2.05, 4.69) is 14.1 Å². The number of hydrogen-bond acceptors (Lipinski definition) is 3. The van der Waals surface area contributed by atoms with Crippen LogP contribution in [0.25, 0.3) is 0 Å². The number of quaternary nitrogens is 1. The zero-order chi connectivity index (χ0) is 20.6. The van der Waals surface area contributed by atoms with Crippen molar-refractivity contribution in [2.45, 2.75) is 49.8 Å². The van der Waals surface area contributed by atoms with Gasteiger partial charge < -0.3 is 43.0 Å². The minimum absolute atomic E-state index is 0. The quantitative estimate of drug-likeness (QED) is 0.459. The largest absolute Gasteiger partial charge is 1.00 e. The number of methoxy groups -OCH3 is 2. The number of benzene rings is 2. The molecule has 2 saturated heterocycles. The summed E-state index contributed by atoms with van der Waals surface area (Å²) in [6.07, 6.45) is 5.70. The summed E-state index contributed by atoms with van der Waals surface area (Å²) in [5.74, 6) is 2.04. The molecule has 2 aromatic rings. The van der Waals surface area contributed by atoms with Crippen LogP contribution in [-0.2, 0) is 5.60 Å². The minimum Gasteiger partial charge on any atom is -1.00 e. The van der Waals surface area contributed by atoms with Gasteiger partial charge in [-0.05, 0) is 47.7 Å². The summed E-state index contributed by atoms with van der Waals surface area (Å²) in [7, 11) is 8.11. The first-order chi connectivity index (χ1) is 13.9. The molecule has 2 heterocycles. The highest BCUT2D eigenvalue weighted by Crippen LogP contribution is 2.47. The Balaban J connectivity index is 0.00000256. The first-order valence-corrected chi connectivity index (χ1v) is 10.7. The minimum atomic E-state index is -1.07. The van der Waals surface area contributed by atoms with E-state index in [4.69, 9.17) is 9.47 Å². The standard InChI is InChI=1S/C25H34NO3.HI/c1-26(2)21-11-12-22(26)14-18(13-21)17-25(27,19-7-5-9-23(15-19)28-3)20-8-6-10-24(16-20)29-4;/h5-10,15-16,18,21-22,27H,11-14,17H2,1-4H3;1H/q+1;/p-1. The van der Waals surface area contributed by atoms with E-state index >= 15 is 0 Å². The van der Waals surface area contributed by atoms with Crippen LogP contribution in [0.2, 0.25) is 0 Å². The lowest BCUT2D eigenvalue weighted by atomic mass is 9.75. The summed E-state index contributed by atoms with van der Waals surface area (Å²) in [4.78, 5) is 0. The zero-order valence-corrected chi connectivity index (χ0v) is 20.6. The van der Waals surface area contributed by atoms with Gasteiger partial charge in [0.15, 0.2) is 0 Å². The molecule has 0 saturated carbocycles. The molecular weight excluding hydrogens is 489 g/mol. The molecule has 0 amide bonds. The molecule has 2 unspecified atom stereocenters. The molecule has 164 valence electrons. The van der Waals surface area contributed by atoms with Crippen LogP contribution in [0.1, 0.15) is 43.2 Å². The van der Waals surface area contributed by atoms with Gasteiger partial charge in [0.05, 0.1) is 40.4 Å². The van der Waals surface area contributed by atoms with Gasteiger partial charge >= 0.3 is 0 Å². The molecule has 4 rings (SSSR count). The number of halogens is 1. The highest BCUT2D eigenvalue weighted by atomic mass is 127. The van der Waals surface area contributed by atoms with Crippen molar-refractivity contribution >= 4 is 0 Å². The topological polar surface area (TPSA) is 38.7 Å². The third-order valence-corrected chi connectivity index (χ3v) is 7.60. The fraction of sp³-hybridized carbons (Fsp3) is 0.520. The van der Waals surface area contributed by atoms with Gasteiger partial charge in [0.25, 0.3) is 0 Å². The van der Waals surface area contributed by atoms with Crippen molar-refractivity contribution in [2.75, 3.05) is 28.3 Å². The third-order valence-electron chi connectivity index (χ3n) is 7.60. The lowest BCUT2D eigenvalue weighted by Crippen LogP contribution is -3.00. The van der Waals surface area contributed by atoms with Gasteiger partial charge in [-0.1, -0.05) is 24.3 Å². The summed E-state index contributed by atoms with van der Waals surface area (Å²) in [6, 6.07) is 17.2. The Bertz CT molecular complexity index is 805. The molecule has 2 fully saturated rings. The van der Waals surface area contributed by atoms with Gasteiger partial charge in [-0.2, -0.15) is 0 Å². The van der Waals surface area contributed by atoms with Gasteiger partial charge in [-0.25, -0.2) is 0 Å². The molecule has 2 aliphatic rings. The normalized spacial score (nSPS) is 24.8. The molecule has 0 radical (unpaired) electrons. The summed E-state index contributed by atoms with van der Waals surface area (Å²) in [5, 5.41) is 12.2. The lowest BCUT2D eigenvalue weighted by Gasteiger charge is -2.46. The van der Waals surface area contributed by atoms with Crippen molar-refractivity contribution in [2.24, 2.45) is 5.92 Å². The van der Waals surface area contributed by atoms with Crippen LogP contribution in [-0.4, -0.2) is 50.0 Å². The monoisotopic (exact) mass is 523 g/mol. The van der Waals surface area contributed by atoms with Gasteiger partial charge in [0.2, 0.25) is 0 Å². The van der Waals surface area contributed by atoms with E-state index in [-0.39, 0.29) is 24.0 Å². The Morgan fingerprint density at radius 1 is 0.900 bits per heavy atom. The maximum absolute atomic E-state index is 12.2. The van der Waals surface area contributed by atoms with Crippen LogP contribution in [0, 0.1) is 5.92 Å². The van der Waals surface area contributed by atoms with E-state index in [1.165, 1.54) is 25.7 Å². The second-order valence-electron chi connectivity index (χ2n) is 9.38. The van der Waals surface area contributed by atoms with E-state index in [0.29, 0.717) is 18.0 Å². The smallest absolute Gasteiger partial charge is 0.119 e. The van der Waals surface area contributed by atoms with E-state index in [0.717, 1.165) is 33.5 Å². The maximum Gasteiger partial charge on any atom is 0.119 e. The predicted octanol–water partition coefficient (Wildman–Crippen LogP) is 1.35. The molecule has 0 aliphatic carbocycles. The van der Waals surface area contributed by atoms with Gasteiger partial charge in [-0.3, -0.25) is 0 Å². The molecular formula is C25H34INO3. The summed E-state index contributed by atoms with van der Waals surface area (Å²) < 4.78 is 12.1. The van der Waals surface area contributed by atoms with Crippen LogP contribution in [0.3, 0.4) is 0 Å². The molecule has 30 heavy (non-hydrogen) atoms. The summed E-state index contributed by atoms with van der Waals surface area (Å²) in [6.45, 7) is 0. The molecule has 2 aromatic carbocycles. The lowest BCUT2D eigenvalue weighted by molar-refractivity contribution is -0.931. The molecule has 0 spiro atoms. The fourth-order valence-electron chi connectivity index (χ4n) is 5.74. The number of piperidine rings is 1.